The summed E-state index contributed by atoms with van der Waals surface area (Å²) in [5, 5.41) is 10.1. The highest BCUT2D eigenvalue weighted by Gasteiger charge is 2.39. The average molecular weight is 306 g/mol. The maximum absolute atomic E-state index is 11.7. The normalized spacial score (nSPS) is 13.6. The molecule has 1 heterocycles. The molecule has 112 valence electrons. The van der Waals surface area contributed by atoms with Crippen LogP contribution in [0, 0.1) is 12.3 Å². The van der Waals surface area contributed by atoms with Gasteiger partial charge in [-0.25, -0.2) is 0 Å². The fourth-order valence-electron chi connectivity index (χ4n) is 2.25. The van der Waals surface area contributed by atoms with Gasteiger partial charge in [-0.15, -0.1) is 0 Å². The Morgan fingerprint density at radius 2 is 2.10 bits per heavy atom. The molecule has 4 heteroatoms. The summed E-state index contributed by atoms with van der Waals surface area (Å²) in [6.45, 7) is 12.6. The molecule has 3 nitrogen and oxygen atoms in total. The van der Waals surface area contributed by atoms with Crippen molar-refractivity contribution >= 4 is 17.6 Å². The van der Waals surface area contributed by atoms with E-state index in [4.69, 9.17) is 11.6 Å². The Hall–Kier alpha value is -1.87. The fourth-order valence-corrected chi connectivity index (χ4v) is 2.42. The first-order valence-corrected chi connectivity index (χ1v) is 6.94. The van der Waals surface area contributed by atoms with Gasteiger partial charge < -0.3 is 5.11 Å². The summed E-state index contributed by atoms with van der Waals surface area (Å²) in [7, 11) is 0. The van der Waals surface area contributed by atoms with E-state index in [1.165, 1.54) is 0 Å². The van der Waals surface area contributed by atoms with E-state index in [2.05, 4.69) is 18.1 Å². The van der Waals surface area contributed by atoms with Gasteiger partial charge in [0.05, 0.1) is 16.1 Å². The monoisotopic (exact) mass is 305 g/mol. The van der Waals surface area contributed by atoms with Crippen molar-refractivity contribution in [3.63, 3.8) is 0 Å². The standard InChI is InChI=1S/C17H20ClNO2/c1-6-8-12(7-2)15(17(4,5)16(20)21)13-9-14(18)11(3)19-10-13/h6-10,15H,1-2H2,3-5H3,(H,20,21)/b12-8+. The number of aliphatic carboxylic acids is 1. The Balaban J connectivity index is 3.54. The molecule has 0 spiro atoms. The molecule has 0 aromatic carbocycles. The number of aryl methyl sites for hydroxylation is 1. The maximum Gasteiger partial charge on any atom is 0.310 e. The van der Waals surface area contributed by atoms with Gasteiger partial charge in [0.25, 0.3) is 0 Å². The maximum atomic E-state index is 11.7. The Morgan fingerprint density at radius 1 is 1.48 bits per heavy atom. The molecule has 0 saturated heterocycles. The van der Waals surface area contributed by atoms with Gasteiger partial charge in [0, 0.05) is 12.1 Å². The second kappa shape index (κ2) is 6.72. The highest BCUT2D eigenvalue weighted by molar-refractivity contribution is 6.31. The predicted molar refractivity (Wildman–Crippen MR) is 86.6 cm³/mol. The third kappa shape index (κ3) is 3.61. The van der Waals surface area contributed by atoms with Crippen molar-refractivity contribution in [1.29, 1.82) is 0 Å². The van der Waals surface area contributed by atoms with Crippen molar-refractivity contribution in [2.75, 3.05) is 0 Å². The zero-order valence-corrected chi connectivity index (χ0v) is 13.3. The lowest BCUT2D eigenvalue weighted by Crippen LogP contribution is -2.32. The second-order valence-electron chi connectivity index (χ2n) is 5.40. The van der Waals surface area contributed by atoms with E-state index < -0.39 is 17.3 Å². The predicted octanol–water partition coefficient (Wildman–Crippen LogP) is 4.54. The molecule has 1 unspecified atom stereocenters. The molecule has 0 fully saturated rings. The molecular formula is C17H20ClNO2. The third-order valence-electron chi connectivity index (χ3n) is 3.53. The molecule has 21 heavy (non-hydrogen) atoms. The summed E-state index contributed by atoms with van der Waals surface area (Å²) in [5.74, 6) is -1.32. The lowest BCUT2D eigenvalue weighted by atomic mass is 9.71. The Morgan fingerprint density at radius 3 is 2.52 bits per heavy atom. The topological polar surface area (TPSA) is 50.2 Å². The fraction of sp³-hybridized carbons (Fsp3) is 0.294. The molecule has 0 aliphatic heterocycles. The number of carboxylic acid groups (broad SMARTS) is 1. The van der Waals surface area contributed by atoms with E-state index in [9.17, 15) is 9.90 Å². The molecule has 0 bridgehead atoms. The molecule has 1 rings (SSSR count). The van der Waals surface area contributed by atoms with Crippen LogP contribution in [0.1, 0.15) is 31.0 Å². The van der Waals surface area contributed by atoms with Gasteiger partial charge in [-0.1, -0.05) is 43.0 Å². The minimum atomic E-state index is -1.04. The average Bonchev–Trinajstić information content (AvgIpc) is 2.41. The van der Waals surface area contributed by atoms with Crippen LogP contribution in [0.5, 0.6) is 0 Å². The van der Waals surface area contributed by atoms with Gasteiger partial charge in [0.1, 0.15) is 0 Å². The van der Waals surface area contributed by atoms with Gasteiger partial charge in [-0.3, -0.25) is 9.78 Å². The van der Waals surface area contributed by atoms with Crippen LogP contribution in [0.4, 0.5) is 0 Å². The van der Waals surface area contributed by atoms with Crippen molar-refractivity contribution in [1.82, 2.24) is 4.98 Å². The van der Waals surface area contributed by atoms with Gasteiger partial charge in [-0.05, 0) is 38.0 Å². The summed E-state index contributed by atoms with van der Waals surface area (Å²) in [5.41, 5.74) is 1.17. The minimum absolute atomic E-state index is 0.420. The molecule has 0 aliphatic rings. The number of carboxylic acids is 1. The van der Waals surface area contributed by atoms with Crippen molar-refractivity contribution in [3.8, 4) is 0 Å². The largest absolute Gasteiger partial charge is 0.481 e. The molecular weight excluding hydrogens is 286 g/mol. The van der Waals surface area contributed by atoms with Crippen molar-refractivity contribution in [3.05, 3.63) is 65.5 Å². The summed E-state index contributed by atoms with van der Waals surface area (Å²) >= 11 is 6.14. The minimum Gasteiger partial charge on any atom is -0.481 e. The van der Waals surface area contributed by atoms with E-state index in [1.807, 2.05) is 0 Å². The van der Waals surface area contributed by atoms with E-state index in [0.717, 1.165) is 11.1 Å². The van der Waals surface area contributed by atoms with Gasteiger partial charge in [0.15, 0.2) is 0 Å². The van der Waals surface area contributed by atoms with Crippen molar-refractivity contribution in [2.24, 2.45) is 5.41 Å². The summed E-state index contributed by atoms with van der Waals surface area (Å²) in [6.07, 6.45) is 6.68. The molecule has 0 aliphatic carbocycles. The highest BCUT2D eigenvalue weighted by atomic mass is 35.5. The first kappa shape index (κ1) is 17.2. The van der Waals surface area contributed by atoms with Crippen LogP contribution in [0.15, 0.2) is 49.2 Å². The van der Waals surface area contributed by atoms with Crippen LogP contribution in [-0.4, -0.2) is 16.1 Å². The summed E-state index contributed by atoms with van der Waals surface area (Å²) in [6, 6.07) is 1.76. The lowest BCUT2D eigenvalue weighted by Gasteiger charge is -2.32. The first-order valence-electron chi connectivity index (χ1n) is 6.56. The molecule has 0 radical (unpaired) electrons. The highest BCUT2D eigenvalue weighted by Crippen LogP contribution is 2.42. The van der Waals surface area contributed by atoms with Crippen molar-refractivity contribution < 1.29 is 9.90 Å². The number of allylic oxidation sites excluding steroid dienone is 4. The molecule has 1 atom stereocenters. The van der Waals surface area contributed by atoms with Gasteiger partial charge in [-0.2, -0.15) is 0 Å². The number of hydrogen-bond acceptors (Lipinski definition) is 2. The number of carbonyl (C=O) groups is 1. The first-order chi connectivity index (χ1) is 9.75. The summed E-state index contributed by atoms with van der Waals surface area (Å²) in [4.78, 5) is 15.9. The van der Waals surface area contributed by atoms with Crippen LogP contribution < -0.4 is 0 Å². The third-order valence-corrected chi connectivity index (χ3v) is 3.91. The number of pyridine rings is 1. The van der Waals surface area contributed by atoms with Gasteiger partial charge in [0.2, 0.25) is 0 Å². The van der Waals surface area contributed by atoms with E-state index in [0.29, 0.717) is 10.7 Å². The number of hydrogen-bond donors (Lipinski definition) is 1. The van der Waals surface area contributed by atoms with Crippen LogP contribution in [0.3, 0.4) is 0 Å². The number of nitrogens with zero attached hydrogens (tertiary/aromatic N) is 1. The zero-order chi connectivity index (χ0) is 16.2. The quantitative estimate of drug-likeness (QED) is 0.785. The molecule has 1 aromatic heterocycles. The summed E-state index contributed by atoms with van der Waals surface area (Å²) < 4.78 is 0. The molecule has 1 aromatic rings. The van der Waals surface area contributed by atoms with Gasteiger partial charge >= 0.3 is 5.97 Å². The van der Waals surface area contributed by atoms with Crippen molar-refractivity contribution in [2.45, 2.75) is 26.7 Å². The van der Waals surface area contributed by atoms with Crippen LogP contribution in [0.2, 0.25) is 5.02 Å². The molecule has 1 N–H and O–H groups in total. The number of halogens is 1. The SMILES string of the molecule is C=C/C=C(\C=C)C(c1cnc(C)c(Cl)c1)C(C)(C)C(=O)O. The van der Waals surface area contributed by atoms with E-state index >= 15 is 0 Å². The second-order valence-corrected chi connectivity index (χ2v) is 5.81. The smallest absolute Gasteiger partial charge is 0.310 e. The van der Waals surface area contributed by atoms with E-state index in [1.54, 1.807) is 51.3 Å². The number of aromatic nitrogens is 1. The molecule has 0 amide bonds. The van der Waals surface area contributed by atoms with Crippen LogP contribution >= 0.6 is 11.6 Å². The zero-order valence-electron chi connectivity index (χ0n) is 12.6. The lowest BCUT2D eigenvalue weighted by molar-refractivity contribution is -0.147. The Labute approximate surface area is 130 Å². The van der Waals surface area contributed by atoms with Crippen LogP contribution in [-0.2, 0) is 4.79 Å². The Bertz CT molecular complexity index is 603. The van der Waals surface area contributed by atoms with E-state index in [-0.39, 0.29) is 0 Å². The van der Waals surface area contributed by atoms with Crippen LogP contribution in [0.25, 0.3) is 0 Å². The Kier molecular flexibility index (Phi) is 5.50. The number of rotatable bonds is 6. The molecule has 0 saturated carbocycles.